The molecule has 142 valence electrons. The van der Waals surface area contributed by atoms with Gasteiger partial charge in [-0.25, -0.2) is 0 Å². The van der Waals surface area contributed by atoms with Crippen LogP contribution in [0.15, 0.2) is 28.6 Å². The molecule has 0 aliphatic heterocycles. The highest BCUT2D eigenvalue weighted by atomic mass is 32.2. The van der Waals surface area contributed by atoms with E-state index in [1.807, 2.05) is 0 Å². The predicted octanol–water partition coefficient (Wildman–Crippen LogP) is 4.65. The second-order valence-corrected chi connectivity index (χ2v) is 7.70. The van der Waals surface area contributed by atoms with Gasteiger partial charge in [-0.15, -0.1) is 10.2 Å². The van der Waals surface area contributed by atoms with Gasteiger partial charge in [0.15, 0.2) is 4.34 Å². The quantitative estimate of drug-likeness (QED) is 0.649. The molecule has 0 radical (unpaired) electrons. The predicted molar refractivity (Wildman–Crippen MR) is 97.9 cm³/mol. The van der Waals surface area contributed by atoms with Gasteiger partial charge in [-0.3, -0.25) is 4.79 Å². The Morgan fingerprint density at radius 3 is 2.73 bits per heavy atom. The summed E-state index contributed by atoms with van der Waals surface area (Å²) in [6, 6.07) is 5.18. The molecule has 1 N–H and O–H groups in total. The number of anilines is 2. The fourth-order valence-corrected chi connectivity index (χ4v) is 3.73. The molecule has 0 atom stereocenters. The number of hydrogen-bond donors (Lipinski definition) is 1. The van der Waals surface area contributed by atoms with Crippen molar-refractivity contribution in [2.75, 3.05) is 24.7 Å². The number of benzene rings is 1. The Morgan fingerprint density at radius 2 is 2.04 bits per heavy atom. The second kappa shape index (κ2) is 9.22. The fourth-order valence-electron chi connectivity index (χ4n) is 2.03. The summed E-state index contributed by atoms with van der Waals surface area (Å²) in [6.45, 7) is 2.76. The Morgan fingerprint density at radius 1 is 1.31 bits per heavy atom. The third-order valence-electron chi connectivity index (χ3n) is 3.47. The van der Waals surface area contributed by atoms with E-state index in [0.717, 1.165) is 30.2 Å². The number of thioether (sulfide) groups is 1. The Bertz CT molecular complexity index is 736. The summed E-state index contributed by atoms with van der Waals surface area (Å²) in [5.41, 5.74) is -0.847. The number of amides is 1. The van der Waals surface area contributed by atoms with E-state index in [1.54, 1.807) is 11.9 Å². The van der Waals surface area contributed by atoms with Gasteiger partial charge in [0.2, 0.25) is 11.0 Å². The van der Waals surface area contributed by atoms with Crippen LogP contribution in [0.25, 0.3) is 0 Å². The van der Waals surface area contributed by atoms with Crippen LogP contribution < -0.4 is 5.32 Å². The van der Waals surface area contributed by atoms with E-state index in [2.05, 4.69) is 22.4 Å². The maximum atomic E-state index is 13.0. The van der Waals surface area contributed by atoms with Gasteiger partial charge in [0.05, 0.1) is 17.0 Å². The van der Waals surface area contributed by atoms with Crippen molar-refractivity contribution in [1.82, 2.24) is 15.1 Å². The number of halogens is 3. The molecule has 0 saturated heterocycles. The molecule has 0 bridgehead atoms. The van der Waals surface area contributed by atoms with Gasteiger partial charge in [-0.05, 0) is 18.6 Å². The normalized spacial score (nSPS) is 11.4. The van der Waals surface area contributed by atoms with Crippen LogP contribution in [-0.4, -0.2) is 40.3 Å². The van der Waals surface area contributed by atoms with Crippen LogP contribution in [0.4, 0.5) is 24.0 Å². The minimum Gasteiger partial charge on any atom is -0.345 e. The number of nitrogens with one attached hydrogen (secondary N) is 1. The minimum absolute atomic E-state index is 0.0180. The molecule has 0 saturated carbocycles. The van der Waals surface area contributed by atoms with Gasteiger partial charge in [0, 0.05) is 13.6 Å². The lowest BCUT2D eigenvalue weighted by molar-refractivity contribution is -0.137. The van der Waals surface area contributed by atoms with Gasteiger partial charge >= 0.3 is 6.18 Å². The largest absolute Gasteiger partial charge is 0.418 e. The molecular formula is C16H19F3N4OS2. The monoisotopic (exact) mass is 404 g/mol. The number of carbonyl (C=O) groups excluding carboxylic acids is 1. The molecule has 1 aromatic carbocycles. The topological polar surface area (TPSA) is 58.1 Å². The van der Waals surface area contributed by atoms with E-state index in [4.69, 9.17) is 0 Å². The van der Waals surface area contributed by atoms with Gasteiger partial charge in [-0.1, -0.05) is 48.6 Å². The summed E-state index contributed by atoms with van der Waals surface area (Å²) < 4.78 is 39.6. The number of hydrogen-bond acceptors (Lipinski definition) is 6. The van der Waals surface area contributed by atoms with Crippen molar-refractivity contribution < 1.29 is 18.0 Å². The SMILES string of the molecule is CCCCN(C)C(=O)CSc1nnc(Nc2ccccc2C(F)(F)F)s1. The number of rotatable bonds is 8. The van der Waals surface area contributed by atoms with Crippen molar-refractivity contribution in [2.24, 2.45) is 0 Å². The Labute approximate surface area is 158 Å². The molecule has 0 aliphatic carbocycles. The summed E-state index contributed by atoms with van der Waals surface area (Å²) in [6.07, 6.45) is -2.50. The smallest absolute Gasteiger partial charge is 0.345 e. The zero-order valence-electron chi connectivity index (χ0n) is 14.3. The second-order valence-electron chi connectivity index (χ2n) is 5.50. The lowest BCUT2D eigenvalue weighted by atomic mass is 10.2. The maximum Gasteiger partial charge on any atom is 0.418 e. The zero-order chi connectivity index (χ0) is 19.2. The van der Waals surface area contributed by atoms with Crippen molar-refractivity contribution in [1.29, 1.82) is 0 Å². The molecule has 0 aliphatic rings. The molecule has 0 fully saturated rings. The number of nitrogens with zero attached hydrogens (tertiary/aromatic N) is 3. The van der Waals surface area contributed by atoms with Crippen molar-refractivity contribution in [2.45, 2.75) is 30.3 Å². The van der Waals surface area contributed by atoms with Crippen LogP contribution >= 0.6 is 23.1 Å². The molecule has 2 rings (SSSR count). The van der Waals surface area contributed by atoms with Crippen LogP contribution in [0.5, 0.6) is 0 Å². The van der Waals surface area contributed by atoms with Gasteiger partial charge < -0.3 is 10.2 Å². The number of para-hydroxylation sites is 1. The van der Waals surface area contributed by atoms with Crippen molar-refractivity contribution in [3.05, 3.63) is 29.8 Å². The fraction of sp³-hybridized carbons (Fsp3) is 0.438. The standard InChI is InChI=1S/C16H19F3N4OS2/c1-3-4-9-23(2)13(24)10-25-15-22-21-14(26-15)20-12-8-6-5-7-11(12)16(17,18)19/h5-8H,3-4,9-10H2,1-2H3,(H,20,21). The highest BCUT2D eigenvalue weighted by Crippen LogP contribution is 2.36. The first kappa shape index (κ1) is 20.5. The first-order valence-corrected chi connectivity index (χ1v) is 9.75. The Balaban J connectivity index is 1.96. The van der Waals surface area contributed by atoms with Gasteiger partial charge in [0.1, 0.15) is 0 Å². The number of aromatic nitrogens is 2. The summed E-state index contributed by atoms with van der Waals surface area (Å²) in [7, 11) is 1.75. The Hall–Kier alpha value is -1.81. The summed E-state index contributed by atoms with van der Waals surface area (Å²) in [5.74, 6) is 0.198. The van der Waals surface area contributed by atoms with E-state index in [-0.39, 0.29) is 22.5 Å². The van der Waals surface area contributed by atoms with Crippen LogP contribution in [0.3, 0.4) is 0 Å². The Kier molecular flexibility index (Phi) is 7.27. The molecule has 2 aromatic rings. The third kappa shape index (κ3) is 5.87. The van der Waals surface area contributed by atoms with Crippen molar-refractivity contribution in [3.63, 3.8) is 0 Å². The number of carbonyl (C=O) groups is 1. The number of alkyl halides is 3. The lowest BCUT2D eigenvalue weighted by Crippen LogP contribution is -2.29. The molecule has 26 heavy (non-hydrogen) atoms. The van der Waals surface area contributed by atoms with E-state index in [0.29, 0.717) is 10.9 Å². The summed E-state index contributed by atoms with van der Waals surface area (Å²) in [4.78, 5) is 13.7. The highest BCUT2D eigenvalue weighted by Gasteiger charge is 2.33. The lowest BCUT2D eigenvalue weighted by Gasteiger charge is -2.15. The molecule has 1 amide bonds. The molecule has 0 unspecified atom stereocenters. The molecule has 10 heteroatoms. The van der Waals surface area contributed by atoms with Crippen LogP contribution in [0.1, 0.15) is 25.3 Å². The van der Waals surface area contributed by atoms with Gasteiger partial charge in [-0.2, -0.15) is 13.2 Å². The summed E-state index contributed by atoms with van der Waals surface area (Å²) >= 11 is 2.33. The number of unbranched alkanes of at least 4 members (excludes halogenated alkanes) is 1. The van der Waals surface area contributed by atoms with Crippen molar-refractivity contribution in [3.8, 4) is 0 Å². The average Bonchev–Trinajstić information content (AvgIpc) is 3.04. The first-order chi connectivity index (χ1) is 12.3. The molecule has 1 heterocycles. The van der Waals surface area contributed by atoms with Crippen LogP contribution in [0.2, 0.25) is 0 Å². The molecular weight excluding hydrogens is 385 g/mol. The zero-order valence-corrected chi connectivity index (χ0v) is 16.0. The average molecular weight is 404 g/mol. The highest BCUT2D eigenvalue weighted by molar-refractivity contribution is 8.01. The van der Waals surface area contributed by atoms with Crippen LogP contribution in [-0.2, 0) is 11.0 Å². The van der Waals surface area contributed by atoms with Crippen molar-refractivity contribution >= 4 is 39.8 Å². The van der Waals surface area contributed by atoms with E-state index >= 15 is 0 Å². The third-order valence-corrected chi connectivity index (χ3v) is 5.43. The van der Waals surface area contributed by atoms with E-state index in [1.165, 1.54) is 30.0 Å². The van der Waals surface area contributed by atoms with Crippen LogP contribution in [0, 0.1) is 0 Å². The molecule has 1 aromatic heterocycles. The molecule has 5 nitrogen and oxygen atoms in total. The maximum absolute atomic E-state index is 13.0. The van der Waals surface area contributed by atoms with Gasteiger partial charge in [0.25, 0.3) is 0 Å². The first-order valence-electron chi connectivity index (χ1n) is 7.94. The molecule has 0 spiro atoms. The summed E-state index contributed by atoms with van der Waals surface area (Å²) in [5, 5.41) is 10.7. The van der Waals surface area contributed by atoms with E-state index in [9.17, 15) is 18.0 Å². The minimum atomic E-state index is -4.46. The van der Waals surface area contributed by atoms with E-state index < -0.39 is 11.7 Å².